The minimum absolute atomic E-state index is 0.357. The molecule has 0 unspecified atom stereocenters. The quantitative estimate of drug-likeness (QED) is 0.485. The molecule has 0 amide bonds. The number of rotatable bonds is 0. The average Bonchev–Trinajstić information content (AvgIpc) is 2.55. The highest BCUT2D eigenvalue weighted by Crippen LogP contribution is 2.67. The van der Waals surface area contributed by atoms with Crippen molar-refractivity contribution in [3.63, 3.8) is 0 Å². The first kappa shape index (κ1) is 6.47. The maximum absolute atomic E-state index is 5.71. The third-order valence-corrected chi connectivity index (χ3v) is 4.66. The summed E-state index contributed by atoms with van der Waals surface area (Å²) in [6, 6.07) is 0. The standard InChI is InChI=1S/C10H16O/c1-9(2)7-3-4-8(5-7)10(9)6-11-10/h7-8H,3-6H2,1-2H3/t7-,8+,10+/m0/s1. The lowest BCUT2D eigenvalue weighted by atomic mass is 9.69. The van der Waals surface area contributed by atoms with Crippen LogP contribution >= 0.6 is 0 Å². The number of epoxide rings is 1. The Labute approximate surface area is 68.1 Å². The lowest BCUT2D eigenvalue weighted by Gasteiger charge is -2.35. The highest BCUT2D eigenvalue weighted by Gasteiger charge is 2.70. The summed E-state index contributed by atoms with van der Waals surface area (Å²) in [5.41, 5.74) is 0.853. The van der Waals surface area contributed by atoms with Crippen LogP contribution in [0.3, 0.4) is 0 Å². The Morgan fingerprint density at radius 3 is 2.18 bits per heavy atom. The fourth-order valence-corrected chi connectivity index (χ4v) is 3.62. The fourth-order valence-electron chi connectivity index (χ4n) is 3.62. The highest BCUT2D eigenvalue weighted by molar-refractivity contribution is 5.18. The van der Waals surface area contributed by atoms with Crippen LogP contribution in [-0.4, -0.2) is 12.2 Å². The van der Waals surface area contributed by atoms with E-state index in [9.17, 15) is 0 Å². The number of hydrogen-bond donors (Lipinski definition) is 0. The second-order valence-corrected chi connectivity index (χ2v) is 5.11. The van der Waals surface area contributed by atoms with E-state index >= 15 is 0 Å². The Bertz CT molecular complexity index is 193. The Kier molecular flexibility index (Phi) is 0.893. The van der Waals surface area contributed by atoms with Crippen LogP contribution in [0.15, 0.2) is 0 Å². The molecule has 0 radical (unpaired) electrons. The zero-order chi connectivity index (χ0) is 7.69. The summed E-state index contributed by atoms with van der Waals surface area (Å²) in [7, 11) is 0. The van der Waals surface area contributed by atoms with Crippen LogP contribution in [0.2, 0.25) is 0 Å². The van der Waals surface area contributed by atoms with E-state index in [1.165, 1.54) is 19.3 Å². The normalized spacial score (nSPS) is 57.3. The van der Waals surface area contributed by atoms with E-state index in [1.807, 2.05) is 0 Å². The third kappa shape index (κ3) is 0.516. The maximum Gasteiger partial charge on any atom is 0.0997 e. The molecule has 3 fully saturated rings. The SMILES string of the molecule is CC1(C)[C@H]2CC[C@H](C2)[C@]12CO2. The molecule has 2 aliphatic carbocycles. The minimum Gasteiger partial charge on any atom is -0.369 e. The van der Waals surface area contributed by atoms with E-state index in [1.54, 1.807) is 0 Å². The molecule has 0 N–H and O–H groups in total. The molecular weight excluding hydrogens is 136 g/mol. The molecule has 1 spiro atoms. The van der Waals surface area contributed by atoms with Gasteiger partial charge in [0.15, 0.2) is 0 Å². The van der Waals surface area contributed by atoms with Crippen molar-refractivity contribution in [3.05, 3.63) is 0 Å². The molecule has 1 nitrogen and oxygen atoms in total. The Hall–Kier alpha value is -0.0400. The van der Waals surface area contributed by atoms with Gasteiger partial charge in [-0.1, -0.05) is 13.8 Å². The van der Waals surface area contributed by atoms with Crippen LogP contribution in [0.4, 0.5) is 0 Å². The van der Waals surface area contributed by atoms with Crippen LogP contribution in [0.25, 0.3) is 0 Å². The van der Waals surface area contributed by atoms with Crippen LogP contribution in [0.1, 0.15) is 33.1 Å². The van der Waals surface area contributed by atoms with Crippen LogP contribution < -0.4 is 0 Å². The van der Waals surface area contributed by atoms with E-state index < -0.39 is 0 Å². The first-order valence-corrected chi connectivity index (χ1v) is 4.81. The Balaban J connectivity index is 2.05. The van der Waals surface area contributed by atoms with Crippen molar-refractivity contribution in [2.75, 3.05) is 6.61 Å². The van der Waals surface area contributed by atoms with Gasteiger partial charge >= 0.3 is 0 Å². The summed E-state index contributed by atoms with van der Waals surface area (Å²) >= 11 is 0. The molecule has 0 aromatic carbocycles. The van der Waals surface area contributed by atoms with E-state index in [0.29, 0.717) is 11.0 Å². The van der Waals surface area contributed by atoms with Crippen LogP contribution in [0, 0.1) is 17.3 Å². The molecule has 11 heavy (non-hydrogen) atoms. The molecule has 3 aliphatic rings. The molecule has 1 saturated heterocycles. The summed E-state index contributed by atoms with van der Waals surface area (Å²) in [5, 5.41) is 0. The van der Waals surface area contributed by atoms with Crippen LogP contribution in [-0.2, 0) is 4.74 Å². The van der Waals surface area contributed by atoms with Crippen molar-refractivity contribution in [1.82, 2.24) is 0 Å². The largest absolute Gasteiger partial charge is 0.369 e. The van der Waals surface area contributed by atoms with Gasteiger partial charge in [0.25, 0.3) is 0 Å². The van der Waals surface area contributed by atoms with Crippen molar-refractivity contribution < 1.29 is 4.74 Å². The lowest BCUT2D eigenvalue weighted by Crippen LogP contribution is -2.38. The van der Waals surface area contributed by atoms with Gasteiger partial charge in [-0.15, -0.1) is 0 Å². The molecule has 3 rings (SSSR count). The number of hydrogen-bond acceptors (Lipinski definition) is 1. The minimum atomic E-state index is 0.357. The predicted molar refractivity (Wildman–Crippen MR) is 43.3 cm³/mol. The molecule has 2 bridgehead atoms. The molecule has 3 atom stereocenters. The van der Waals surface area contributed by atoms with E-state index in [2.05, 4.69) is 13.8 Å². The van der Waals surface area contributed by atoms with Gasteiger partial charge in [0, 0.05) is 0 Å². The second-order valence-electron chi connectivity index (χ2n) is 5.11. The average molecular weight is 152 g/mol. The first-order chi connectivity index (χ1) is 5.17. The van der Waals surface area contributed by atoms with Crippen molar-refractivity contribution >= 4 is 0 Å². The molecule has 62 valence electrons. The van der Waals surface area contributed by atoms with E-state index in [0.717, 1.165) is 18.4 Å². The predicted octanol–water partition coefficient (Wildman–Crippen LogP) is 2.21. The van der Waals surface area contributed by atoms with Crippen molar-refractivity contribution in [1.29, 1.82) is 0 Å². The van der Waals surface area contributed by atoms with Gasteiger partial charge < -0.3 is 4.74 Å². The summed E-state index contributed by atoms with van der Waals surface area (Å²) in [6.07, 6.45) is 4.35. The summed E-state index contributed by atoms with van der Waals surface area (Å²) in [5.74, 6) is 1.89. The third-order valence-electron chi connectivity index (χ3n) is 4.66. The van der Waals surface area contributed by atoms with E-state index in [-0.39, 0.29) is 0 Å². The maximum atomic E-state index is 5.71. The van der Waals surface area contributed by atoms with Gasteiger partial charge in [0.05, 0.1) is 12.2 Å². The van der Waals surface area contributed by atoms with Crippen molar-refractivity contribution in [3.8, 4) is 0 Å². The summed E-state index contributed by atoms with van der Waals surface area (Å²) < 4.78 is 5.71. The van der Waals surface area contributed by atoms with Crippen LogP contribution in [0.5, 0.6) is 0 Å². The molecule has 2 saturated carbocycles. The van der Waals surface area contributed by atoms with Gasteiger partial charge in [-0.25, -0.2) is 0 Å². The summed E-state index contributed by atoms with van der Waals surface area (Å²) in [4.78, 5) is 0. The summed E-state index contributed by atoms with van der Waals surface area (Å²) in [6.45, 7) is 5.87. The number of fused-ring (bicyclic) bond motifs is 3. The Morgan fingerprint density at radius 1 is 1.18 bits per heavy atom. The van der Waals surface area contributed by atoms with Gasteiger partial charge in [-0.3, -0.25) is 0 Å². The highest BCUT2D eigenvalue weighted by atomic mass is 16.6. The molecule has 1 aliphatic heterocycles. The van der Waals surface area contributed by atoms with Gasteiger partial charge in [0.2, 0.25) is 0 Å². The van der Waals surface area contributed by atoms with Gasteiger partial charge in [-0.05, 0) is 36.5 Å². The fraction of sp³-hybridized carbons (Fsp3) is 1.00. The smallest absolute Gasteiger partial charge is 0.0997 e. The zero-order valence-corrected chi connectivity index (χ0v) is 7.39. The van der Waals surface area contributed by atoms with Gasteiger partial charge in [-0.2, -0.15) is 0 Å². The lowest BCUT2D eigenvalue weighted by molar-refractivity contribution is 0.0736. The van der Waals surface area contributed by atoms with E-state index in [4.69, 9.17) is 4.74 Å². The van der Waals surface area contributed by atoms with Crippen molar-refractivity contribution in [2.24, 2.45) is 17.3 Å². The molecular formula is C10H16O. The first-order valence-electron chi connectivity index (χ1n) is 4.81. The molecule has 0 aromatic heterocycles. The van der Waals surface area contributed by atoms with Crippen molar-refractivity contribution in [2.45, 2.75) is 38.7 Å². The molecule has 0 aromatic rings. The topological polar surface area (TPSA) is 12.5 Å². The van der Waals surface area contributed by atoms with Gasteiger partial charge in [0.1, 0.15) is 0 Å². The zero-order valence-electron chi connectivity index (χ0n) is 7.39. The number of ether oxygens (including phenoxy) is 1. The molecule has 1 heteroatoms. The monoisotopic (exact) mass is 152 g/mol. The second kappa shape index (κ2) is 1.52. The molecule has 1 heterocycles. The Morgan fingerprint density at radius 2 is 1.82 bits per heavy atom.